The fraction of sp³-hybridized carbons (Fsp3) is 0.333. The number of aromatic nitrogens is 1. The second kappa shape index (κ2) is 7.68. The number of urea groups is 1. The van der Waals surface area contributed by atoms with E-state index >= 15 is 0 Å². The molecule has 2 heterocycles. The minimum atomic E-state index is -0.255. The average molecular weight is 326 g/mol. The van der Waals surface area contributed by atoms with Crippen molar-refractivity contribution in [2.24, 2.45) is 0 Å². The third-order valence-electron chi connectivity index (χ3n) is 4.07. The minimum absolute atomic E-state index is 0.255. The summed E-state index contributed by atoms with van der Waals surface area (Å²) in [6.07, 6.45) is 4.08. The van der Waals surface area contributed by atoms with Crippen LogP contribution in [-0.4, -0.2) is 31.2 Å². The number of pyridine rings is 1. The number of benzene rings is 1. The van der Waals surface area contributed by atoms with Crippen molar-refractivity contribution in [3.8, 4) is 5.75 Å². The van der Waals surface area contributed by atoms with E-state index in [0.29, 0.717) is 6.54 Å². The first-order chi connectivity index (χ1) is 11.8. The summed E-state index contributed by atoms with van der Waals surface area (Å²) in [6.45, 7) is 2.36. The van der Waals surface area contributed by atoms with Crippen molar-refractivity contribution >= 4 is 17.5 Å². The van der Waals surface area contributed by atoms with E-state index in [1.165, 1.54) is 0 Å². The molecule has 1 fully saturated rings. The highest BCUT2D eigenvalue weighted by Crippen LogP contribution is 2.26. The molecule has 126 valence electrons. The van der Waals surface area contributed by atoms with Crippen LogP contribution in [0.3, 0.4) is 0 Å². The Balaban J connectivity index is 1.63. The van der Waals surface area contributed by atoms with Gasteiger partial charge in [-0.15, -0.1) is 0 Å². The van der Waals surface area contributed by atoms with Crippen LogP contribution in [0.5, 0.6) is 5.75 Å². The number of carbonyl (C=O) groups is 1. The van der Waals surface area contributed by atoms with Gasteiger partial charge in [-0.05, 0) is 31.0 Å². The molecule has 1 aliphatic heterocycles. The summed E-state index contributed by atoms with van der Waals surface area (Å²) in [5, 5.41) is 5.76. The van der Waals surface area contributed by atoms with Crippen molar-refractivity contribution in [2.75, 3.05) is 30.4 Å². The second-order valence-corrected chi connectivity index (χ2v) is 5.69. The van der Waals surface area contributed by atoms with Crippen molar-refractivity contribution < 1.29 is 9.53 Å². The van der Waals surface area contributed by atoms with E-state index < -0.39 is 0 Å². The predicted octanol–water partition coefficient (Wildman–Crippen LogP) is 3.01. The first kappa shape index (κ1) is 16.1. The van der Waals surface area contributed by atoms with Gasteiger partial charge in [0.05, 0.1) is 12.8 Å². The van der Waals surface area contributed by atoms with E-state index in [2.05, 4.69) is 20.5 Å². The van der Waals surface area contributed by atoms with Crippen molar-refractivity contribution in [1.29, 1.82) is 0 Å². The van der Waals surface area contributed by atoms with Crippen LogP contribution in [0.2, 0.25) is 0 Å². The van der Waals surface area contributed by atoms with E-state index in [-0.39, 0.29) is 6.03 Å². The fourth-order valence-corrected chi connectivity index (χ4v) is 2.87. The van der Waals surface area contributed by atoms with Gasteiger partial charge in [0, 0.05) is 31.4 Å². The number of carbonyl (C=O) groups excluding carboxylic acids is 1. The number of amides is 2. The Morgan fingerprint density at radius 3 is 2.79 bits per heavy atom. The molecule has 1 aromatic carbocycles. The first-order valence-corrected chi connectivity index (χ1v) is 8.14. The maximum absolute atomic E-state index is 12.2. The van der Waals surface area contributed by atoms with Gasteiger partial charge in [0.15, 0.2) is 5.82 Å². The van der Waals surface area contributed by atoms with E-state index in [4.69, 9.17) is 4.74 Å². The van der Waals surface area contributed by atoms with Crippen LogP contribution in [0, 0.1) is 0 Å². The predicted molar refractivity (Wildman–Crippen MR) is 94.5 cm³/mol. The van der Waals surface area contributed by atoms with Crippen molar-refractivity contribution in [1.82, 2.24) is 10.3 Å². The third-order valence-corrected chi connectivity index (χ3v) is 4.07. The molecule has 0 radical (unpaired) electrons. The standard InChI is InChI=1S/C18H22N4O2/c1-24-16-9-3-2-7-14(16)13-20-18(23)21-15-8-6-10-19-17(15)22-11-4-5-12-22/h2-3,6-10H,4-5,11-13H2,1H3,(H2,20,21,23). The SMILES string of the molecule is COc1ccccc1CNC(=O)Nc1cccnc1N1CCCC1. The smallest absolute Gasteiger partial charge is 0.319 e. The van der Waals surface area contributed by atoms with Crippen LogP contribution in [0.25, 0.3) is 0 Å². The molecule has 0 aliphatic carbocycles. The van der Waals surface area contributed by atoms with Gasteiger partial charge in [0.2, 0.25) is 0 Å². The highest BCUT2D eigenvalue weighted by molar-refractivity contribution is 5.92. The quantitative estimate of drug-likeness (QED) is 0.886. The summed E-state index contributed by atoms with van der Waals surface area (Å²) in [5.74, 6) is 1.60. The van der Waals surface area contributed by atoms with Gasteiger partial charge in [0.1, 0.15) is 5.75 Å². The van der Waals surface area contributed by atoms with Crippen LogP contribution >= 0.6 is 0 Å². The summed E-state index contributed by atoms with van der Waals surface area (Å²) in [7, 11) is 1.62. The van der Waals surface area contributed by atoms with Crippen LogP contribution in [-0.2, 0) is 6.54 Å². The summed E-state index contributed by atoms with van der Waals surface area (Å²) >= 11 is 0. The minimum Gasteiger partial charge on any atom is -0.496 e. The molecule has 0 atom stereocenters. The maximum Gasteiger partial charge on any atom is 0.319 e. The second-order valence-electron chi connectivity index (χ2n) is 5.69. The summed E-state index contributed by atoms with van der Waals surface area (Å²) in [5.41, 5.74) is 1.66. The maximum atomic E-state index is 12.2. The molecular formula is C18H22N4O2. The molecular weight excluding hydrogens is 304 g/mol. The molecule has 6 nitrogen and oxygen atoms in total. The van der Waals surface area contributed by atoms with Gasteiger partial charge < -0.3 is 20.3 Å². The number of anilines is 2. The molecule has 0 bridgehead atoms. The van der Waals surface area contributed by atoms with Crippen molar-refractivity contribution in [3.63, 3.8) is 0 Å². The Morgan fingerprint density at radius 1 is 1.21 bits per heavy atom. The van der Waals surface area contributed by atoms with Gasteiger partial charge >= 0.3 is 6.03 Å². The highest BCUT2D eigenvalue weighted by atomic mass is 16.5. The lowest BCUT2D eigenvalue weighted by Gasteiger charge is -2.20. The molecule has 2 aromatic rings. The number of hydrogen-bond acceptors (Lipinski definition) is 4. The molecule has 0 unspecified atom stereocenters. The van der Waals surface area contributed by atoms with E-state index in [1.807, 2.05) is 36.4 Å². The molecule has 0 spiro atoms. The molecule has 1 aliphatic rings. The van der Waals surface area contributed by atoms with Crippen molar-refractivity contribution in [2.45, 2.75) is 19.4 Å². The zero-order chi connectivity index (χ0) is 16.8. The molecule has 0 saturated carbocycles. The number of ether oxygens (including phenoxy) is 1. The topological polar surface area (TPSA) is 66.5 Å². The number of methoxy groups -OCH3 is 1. The lowest BCUT2D eigenvalue weighted by molar-refractivity contribution is 0.251. The first-order valence-electron chi connectivity index (χ1n) is 8.14. The number of nitrogens with one attached hydrogen (secondary N) is 2. The summed E-state index contributed by atoms with van der Waals surface area (Å²) in [6, 6.07) is 11.1. The highest BCUT2D eigenvalue weighted by Gasteiger charge is 2.17. The number of nitrogens with zero attached hydrogens (tertiary/aromatic N) is 2. The van der Waals surface area contributed by atoms with Gasteiger partial charge in [-0.25, -0.2) is 9.78 Å². The molecule has 3 rings (SSSR count). The Morgan fingerprint density at radius 2 is 2.00 bits per heavy atom. The zero-order valence-electron chi connectivity index (χ0n) is 13.8. The van der Waals surface area contributed by atoms with Gasteiger partial charge in [-0.3, -0.25) is 0 Å². The van der Waals surface area contributed by atoms with Gasteiger partial charge in [0.25, 0.3) is 0 Å². The molecule has 2 amide bonds. The van der Waals surface area contributed by atoms with Crippen LogP contribution in [0.15, 0.2) is 42.6 Å². The van der Waals surface area contributed by atoms with Crippen LogP contribution in [0.4, 0.5) is 16.3 Å². The lowest BCUT2D eigenvalue weighted by Crippen LogP contribution is -2.30. The lowest BCUT2D eigenvalue weighted by atomic mass is 10.2. The van der Waals surface area contributed by atoms with E-state index in [1.54, 1.807) is 13.3 Å². The normalized spacial score (nSPS) is 13.6. The summed E-state index contributed by atoms with van der Waals surface area (Å²) < 4.78 is 5.29. The Labute approximate surface area is 141 Å². The third kappa shape index (κ3) is 3.76. The Hall–Kier alpha value is -2.76. The van der Waals surface area contributed by atoms with Crippen molar-refractivity contribution in [3.05, 3.63) is 48.2 Å². The zero-order valence-corrected chi connectivity index (χ0v) is 13.8. The number of rotatable bonds is 5. The molecule has 24 heavy (non-hydrogen) atoms. The Kier molecular flexibility index (Phi) is 5.15. The fourth-order valence-electron chi connectivity index (χ4n) is 2.87. The number of hydrogen-bond donors (Lipinski definition) is 2. The van der Waals surface area contributed by atoms with E-state index in [9.17, 15) is 4.79 Å². The largest absolute Gasteiger partial charge is 0.496 e. The van der Waals surface area contributed by atoms with Gasteiger partial charge in [-0.2, -0.15) is 0 Å². The van der Waals surface area contributed by atoms with Gasteiger partial charge in [-0.1, -0.05) is 18.2 Å². The molecule has 1 aromatic heterocycles. The molecule has 2 N–H and O–H groups in total. The van der Waals surface area contributed by atoms with E-state index in [0.717, 1.165) is 48.7 Å². The molecule has 6 heteroatoms. The number of para-hydroxylation sites is 1. The average Bonchev–Trinajstić information content (AvgIpc) is 3.15. The van der Waals surface area contributed by atoms with Crippen LogP contribution in [0.1, 0.15) is 18.4 Å². The molecule has 1 saturated heterocycles. The summed E-state index contributed by atoms with van der Waals surface area (Å²) in [4.78, 5) is 18.9. The Bertz CT molecular complexity index is 699. The monoisotopic (exact) mass is 326 g/mol. The van der Waals surface area contributed by atoms with Crippen LogP contribution < -0.4 is 20.3 Å².